The van der Waals surface area contributed by atoms with Gasteiger partial charge in [0, 0.05) is 18.3 Å². The molecule has 0 aromatic rings. The molecule has 0 heterocycles. The number of hydrogen-bond donors (Lipinski definition) is 1. The Labute approximate surface area is 97.0 Å². The fourth-order valence-electron chi connectivity index (χ4n) is 1.35. The Bertz CT molecular complexity index is 223. The van der Waals surface area contributed by atoms with Gasteiger partial charge in [0.15, 0.2) is 0 Å². The number of hydrogen-bond acceptors (Lipinski definition) is 3. The van der Waals surface area contributed by atoms with Crippen molar-refractivity contribution < 1.29 is 23.1 Å². The molecule has 7 heteroatoms. The molecule has 0 fully saturated rings. The second kappa shape index (κ2) is 7.01. The van der Waals surface area contributed by atoms with Gasteiger partial charge in [0.25, 0.3) is 0 Å². The molecular weight excluding hydrogens is 243 g/mol. The third-order valence-electron chi connectivity index (χ3n) is 2.14. The average molecular weight is 259 g/mol. The minimum Gasteiger partial charge on any atom is -0.481 e. The van der Waals surface area contributed by atoms with Gasteiger partial charge in [-0.2, -0.15) is 13.2 Å². The maximum absolute atomic E-state index is 11.9. The number of halogens is 3. The Balaban J connectivity index is 3.95. The fraction of sp³-hybridized carbons (Fsp3) is 0.889. The van der Waals surface area contributed by atoms with Gasteiger partial charge in [-0.1, -0.05) is 6.92 Å². The molecular formula is C9H16F3NO2S. The molecule has 96 valence electrons. The Kier molecular flexibility index (Phi) is 6.82. The van der Waals surface area contributed by atoms with Crippen molar-refractivity contribution in [3.63, 3.8) is 0 Å². The molecule has 0 rings (SSSR count). The summed E-state index contributed by atoms with van der Waals surface area (Å²) in [5.41, 5.74) is -4.21. The van der Waals surface area contributed by atoms with Gasteiger partial charge in [-0.05, 0) is 25.2 Å². The number of aliphatic carboxylic acids is 1. The Morgan fingerprint density at radius 3 is 2.44 bits per heavy atom. The lowest BCUT2D eigenvalue weighted by molar-refractivity contribution is -0.138. The van der Waals surface area contributed by atoms with E-state index < -0.39 is 11.5 Å². The van der Waals surface area contributed by atoms with Crippen LogP contribution in [0.15, 0.2) is 0 Å². The van der Waals surface area contributed by atoms with E-state index in [9.17, 15) is 18.0 Å². The normalized spacial score (nSPS) is 14.1. The zero-order chi connectivity index (χ0) is 12.8. The van der Waals surface area contributed by atoms with E-state index in [4.69, 9.17) is 5.11 Å². The van der Waals surface area contributed by atoms with E-state index in [1.54, 1.807) is 18.7 Å². The molecule has 16 heavy (non-hydrogen) atoms. The molecule has 0 bridgehead atoms. The number of carboxylic acids is 1. The van der Waals surface area contributed by atoms with E-state index in [0.29, 0.717) is 6.54 Å². The zero-order valence-electron chi connectivity index (χ0n) is 9.25. The van der Waals surface area contributed by atoms with E-state index in [-0.39, 0.29) is 36.5 Å². The van der Waals surface area contributed by atoms with Crippen LogP contribution in [-0.4, -0.2) is 46.4 Å². The quantitative estimate of drug-likeness (QED) is 0.762. The molecule has 0 aromatic heterocycles. The zero-order valence-corrected chi connectivity index (χ0v) is 10.1. The minimum absolute atomic E-state index is 0.0511. The Morgan fingerprint density at radius 2 is 2.06 bits per heavy atom. The Morgan fingerprint density at radius 1 is 1.50 bits per heavy atom. The first kappa shape index (κ1) is 15.6. The number of rotatable bonds is 7. The number of alkyl halides is 3. The summed E-state index contributed by atoms with van der Waals surface area (Å²) >= 11 is -0.0755. The van der Waals surface area contributed by atoms with Crippen molar-refractivity contribution in [3.05, 3.63) is 0 Å². The van der Waals surface area contributed by atoms with Gasteiger partial charge in [-0.3, -0.25) is 9.69 Å². The van der Waals surface area contributed by atoms with Gasteiger partial charge in [-0.25, -0.2) is 0 Å². The maximum atomic E-state index is 11.9. The average Bonchev–Trinajstić information content (AvgIpc) is 2.09. The molecule has 0 spiro atoms. The molecule has 0 saturated heterocycles. The largest absolute Gasteiger partial charge is 0.481 e. The first-order valence-corrected chi connectivity index (χ1v) is 5.91. The van der Waals surface area contributed by atoms with Gasteiger partial charge >= 0.3 is 11.5 Å². The lowest BCUT2D eigenvalue weighted by Crippen LogP contribution is -2.36. The van der Waals surface area contributed by atoms with E-state index in [0.717, 1.165) is 0 Å². The highest BCUT2D eigenvalue weighted by Gasteiger charge is 2.28. The van der Waals surface area contributed by atoms with Crippen molar-refractivity contribution >= 4 is 17.7 Å². The third kappa shape index (κ3) is 7.81. The first-order chi connectivity index (χ1) is 7.26. The third-order valence-corrected chi connectivity index (χ3v) is 2.86. The number of nitrogens with zero attached hydrogens (tertiary/aromatic N) is 1. The van der Waals surface area contributed by atoms with Crippen LogP contribution < -0.4 is 0 Å². The van der Waals surface area contributed by atoms with Crippen LogP contribution in [-0.2, 0) is 4.79 Å². The van der Waals surface area contributed by atoms with Crippen LogP contribution in [0.1, 0.15) is 20.3 Å². The van der Waals surface area contributed by atoms with Crippen molar-refractivity contribution in [1.29, 1.82) is 0 Å². The van der Waals surface area contributed by atoms with E-state index in [1.807, 2.05) is 0 Å². The predicted molar refractivity (Wildman–Crippen MR) is 57.5 cm³/mol. The van der Waals surface area contributed by atoms with Crippen molar-refractivity contribution in [2.75, 3.05) is 18.8 Å². The second-order valence-corrected chi connectivity index (χ2v) is 4.53. The standard InChI is InChI=1S/C9H16F3NO2S/c1-3-13(7(2)6-8(14)15)4-5-16-9(10,11)12/h7H,3-6H2,1-2H3,(H,14,15). The molecule has 0 aromatic carbocycles. The summed E-state index contributed by atoms with van der Waals surface area (Å²) in [6.07, 6.45) is -0.0511. The highest BCUT2D eigenvalue weighted by molar-refractivity contribution is 8.00. The monoisotopic (exact) mass is 259 g/mol. The lowest BCUT2D eigenvalue weighted by atomic mass is 10.2. The van der Waals surface area contributed by atoms with Gasteiger partial charge in [-0.15, -0.1) is 0 Å². The van der Waals surface area contributed by atoms with Crippen molar-refractivity contribution in [2.24, 2.45) is 0 Å². The summed E-state index contributed by atoms with van der Waals surface area (Å²) < 4.78 is 35.6. The van der Waals surface area contributed by atoms with E-state index in [2.05, 4.69) is 0 Å². The van der Waals surface area contributed by atoms with E-state index in [1.165, 1.54) is 0 Å². The van der Waals surface area contributed by atoms with Crippen LogP contribution in [0.5, 0.6) is 0 Å². The predicted octanol–water partition coefficient (Wildman–Crippen LogP) is 2.42. The van der Waals surface area contributed by atoms with Crippen molar-refractivity contribution in [2.45, 2.75) is 31.8 Å². The molecule has 1 atom stereocenters. The molecule has 1 unspecified atom stereocenters. The van der Waals surface area contributed by atoms with Gasteiger partial charge in [0.05, 0.1) is 6.42 Å². The molecule has 0 aliphatic carbocycles. The van der Waals surface area contributed by atoms with Crippen LogP contribution in [0.25, 0.3) is 0 Å². The summed E-state index contributed by atoms with van der Waals surface area (Å²) in [5.74, 6) is -1.00. The Hall–Kier alpha value is -0.430. The van der Waals surface area contributed by atoms with Crippen molar-refractivity contribution in [1.82, 2.24) is 4.90 Å². The molecule has 0 aliphatic rings. The fourth-order valence-corrected chi connectivity index (χ4v) is 1.91. The van der Waals surface area contributed by atoms with Crippen LogP contribution in [0.2, 0.25) is 0 Å². The first-order valence-electron chi connectivity index (χ1n) is 4.92. The van der Waals surface area contributed by atoms with Crippen molar-refractivity contribution in [3.8, 4) is 0 Å². The van der Waals surface area contributed by atoms with Crippen LogP contribution in [0.4, 0.5) is 13.2 Å². The highest BCUT2D eigenvalue weighted by atomic mass is 32.2. The smallest absolute Gasteiger partial charge is 0.441 e. The highest BCUT2D eigenvalue weighted by Crippen LogP contribution is 2.29. The van der Waals surface area contributed by atoms with Crippen LogP contribution in [0.3, 0.4) is 0 Å². The second-order valence-electron chi connectivity index (χ2n) is 3.37. The molecule has 0 saturated carbocycles. The minimum atomic E-state index is -4.21. The lowest BCUT2D eigenvalue weighted by Gasteiger charge is -2.26. The summed E-state index contributed by atoms with van der Waals surface area (Å²) in [4.78, 5) is 12.2. The molecule has 1 N–H and O–H groups in total. The molecule has 0 amide bonds. The van der Waals surface area contributed by atoms with Crippen LogP contribution >= 0.6 is 11.8 Å². The van der Waals surface area contributed by atoms with Gasteiger partial charge < -0.3 is 5.11 Å². The SMILES string of the molecule is CCN(CCSC(F)(F)F)C(C)CC(=O)O. The van der Waals surface area contributed by atoms with Gasteiger partial charge in [0.2, 0.25) is 0 Å². The topological polar surface area (TPSA) is 40.5 Å². The number of carbonyl (C=O) groups is 1. The summed E-state index contributed by atoms with van der Waals surface area (Å²) in [7, 11) is 0. The van der Waals surface area contributed by atoms with Crippen LogP contribution in [0, 0.1) is 0 Å². The van der Waals surface area contributed by atoms with Gasteiger partial charge in [0.1, 0.15) is 0 Å². The summed E-state index contributed by atoms with van der Waals surface area (Å²) in [5, 5.41) is 8.57. The molecule has 3 nitrogen and oxygen atoms in total. The summed E-state index contributed by atoms with van der Waals surface area (Å²) in [6.45, 7) is 4.30. The summed E-state index contributed by atoms with van der Waals surface area (Å²) in [6, 6.07) is -0.240. The molecule has 0 aliphatic heterocycles. The number of carboxylic acid groups (broad SMARTS) is 1. The maximum Gasteiger partial charge on any atom is 0.441 e. The molecule has 0 radical (unpaired) electrons. The number of thioether (sulfide) groups is 1. The van der Waals surface area contributed by atoms with E-state index >= 15 is 0 Å².